The van der Waals surface area contributed by atoms with Crippen LogP contribution in [0.1, 0.15) is 0 Å². The first-order chi connectivity index (χ1) is 1.73. The third-order valence-corrected chi connectivity index (χ3v) is 0. The molecule has 0 rings (SSSR count). The zero-order valence-corrected chi connectivity index (χ0v) is 2.80. The van der Waals surface area contributed by atoms with Crippen LogP contribution in [0.3, 0.4) is 0 Å². The van der Waals surface area contributed by atoms with Crippen LogP contribution >= 0.6 is 0 Å². The van der Waals surface area contributed by atoms with E-state index in [1.807, 2.05) is 0 Å². The molecule has 30 valence electrons. The van der Waals surface area contributed by atoms with Crippen molar-refractivity contribution in [2.24, 2.45) is 0 Å². The van der Waals surface area contributed by atoms with Gasteiger partial charge in [-0.25, -0.2) is 0 Å². The Morgan fingerprint density at radius 3 is 1.00 bits per heavy atom. The quantitative estimate of drug-likeness (QED) is 0.351. The molecule has 0 unspecified atom stereocenters. The number of rotatable bonds is 0. The van der Waals surface area contributed by atoms with Crippen molar-refractivity contribution in [1.82, 2.24) is 0 Å². The second-order valence-electron chi connectivity index (χ2n) is 0.283. The molecule has 7 heteroatoms. The zero-order valence-electron chi connectivity index (χ0n) is 1.80. The van der Waals surface area contributed by atoms with E-state index in [-0.39, 0.29) is 88.7 Å². The Morgan fingerprint density at radius 2 is 1.00 bits per heavy atom. The first-order valence-electron chi connectivity index (χ1n) is 0.651. The Bertz CT molecular complexity index is 33.2. The molecule has 0 fully saturated rings. The summed E-state index contributed by atoms with van der Waals surface area (Å²) in [7, 11) is -3.13. The molecule has 0 aromatic heterocycles. The van der Waals surface area contributed by atoms with Crippen molar-refractivity contribution < 1.29 is 14.1 Å². The maximum atomic E-state index is 8.74. The second kappa shape index (κ2) is 15.8. The minimum absolute atomic E-state index is 0. The van der Waals surface area contributed by atoms with Gasteiger partial charge in [0.2, 0.25) is 0 Å². The Morgan fingerprint density at radius 1 is 1.00 bits per heavy atom. The van der Waals surface area contributed by atoms with E-state index in [0.717, 1.165) is 0 Å². The topological polar surface area (TPSA) is 57.5 Å². The van der Waals surface area contributed by atoms with E-state index in [0.29, 0.717) is 0 Å². The third-order valence-electron chi connectivity index (χ3n) is 0. The van der Waals surface area contributed by atoms with Gasteiger partial charge >= 0.3 is 97.8 Å². The van der Waals surface area contributed by atoms with E-state index >= 15 is 0 Å². The van der Waals surface area contributed by atoms with Crippen LogP contribution in [0.4, 0.5) is 0 Å². The van der Waals surface area contributed by atoms with Crippen molar-refractivity contribution in [3.8, 4) is 0 Å². The normalized spacial score (nSPS) is 3.43. The predicted molar refractivity (Wildman–Crippen MR) is 32.3 cm³/mol. The fourth-order valence-electron chi connectivity index (χ4n) is 0. The van der Waals surface area contributed by atoms with Gasteiger partial charge < -0.3 is 9.59 Å². The summed E-state index contributed by atoms with van der Waals surface area (Å²) in [5, 5.41) is 0. The average Bonchev–Trinajstić information content (AvgIpc) is 0.811. The van der Waals surface area contributed by atoms with Crippen molar-refractivity contribution in [3.63, 3.8) is 0 Å². The molecule has 0 radical (unpaired) electrons. The van der Waals surface area contributed by atoms with Gasteiger partial charge in [0.15, 0.2) is 0 Å². The van der Waals surface area contributed by atoms with Gasteiger partial charge in [-0.2, -0.15) is 0 Å². The van der Waals surface area contributed by atoms with Crippen LogP contribution in [0.25, 0.3) is 0 Å². The van der Waals surface area contributed by atoms with Crippen LogP contribution in [-0.4, -0.2) is 107 Å². The molecule has 0 heterocycles. The van der Waals surface area contributed by atoms with E-state index in [1.54, 1.807) is 0 Å². The first kappa shape index (κ1) is 22.6. The van der Waals surface area contributed by atoms with Crippen LogP contribution in [0.5, 0.6) is 0 Å². The number of hydrogen-bond acceptors (Lipinski definition) is 1. The van der Waals surface area contributed by atoms with Crippen LogP contribution in [-0.2, 0) is 4.46 Å². The van der Waals surface area contributed by atoms with E-state index in [2.05, 4.69) is 0 Å². The molecule has 7 heavy (non-hydrogen) atoms. The van der Waals surface area contributed by atoms with Crippen LogP contribution < -0.4 is 0 Å². The van der Waals surface area contributed by atoms with Gasteiger partial charge in [-0.05, 0) is 0 Å². The molecule has 0 bridgehead atoms. The molecule has 0 aliphatic carbocycles. The van der Waals surface area contributed by atoms with Gasteiger partial charge in [-0.15, -0.1) is 0 Å². The van der Waals surface area contributed by atoms with Gasteiger partial charge in [-0.3, -0.25) is 4.46 Å². The summed E-state index contributed by atoms with van der Waals surface area (Å²) in [6.07, 6.45) is 0. The molecule has 0 aliphatic heterocycles. The SMILES string of the molecule is O=[Si](O)O.[NaH].[NaH].[NaH]. The van der Waals surface area contributed by atoms with Crippen molar-refractivity contribution >= 4 is 97.8 Å². The van der Waals surface area contributed by atoms with Crippen molar-refractivity contribution in [3.05, 3.63) is 0 Å². The van der Waals surface area contributed by atoms with E-state index in [9.17, 15) is 0 Å². The zero-order chi connectivity index (χ0) is 3.58. The molecule has 0 aliphatic rings. The Kier molecular flexibility index (Phi) is 51.2. The summed E-state index contributed by atoms with van der Waals surface area (Å²) in [4.78, 5) is 14.3. The van der Waals surface area contributed by atoms with E-state index < -0.39 is 9.17 Å². The summed E-state index contributed by atoms with van der Waals surface area (Å²) in [5.74, 6) is 0. The van der Waals surface area contributed by atoms with Gasteiger partial charge in [0.25, 0.3) is 0 Å². The summed E-state index contributed by atoms with van der Waals surface area (Å²) >= 11 is 0. The van der Waals surface area contributed by atoms with Gasteiger partial charge in [0, 0.05) is 0 Å². The number of hydrogen-bond donors (Lipinski definition) is 2. The van der Waals surface area contributed by atoms with Crippen molar-refractivity contribution in [2.75, 3.05) is 0 Å². The molecule has 3 nitrogen and oxygen atoms in total. The van der Waals surface area contributed by atoms with Crippen molar-refractivity contribution in [1.29, 1.82) is 0 Å². The maximum absolute atomic E-state index is 8.74. The molecule has 0 atom stereocenters. The fourth-order valence-corrected chi connectivity index (χ4v) is 0. The fraction of sp³-hybridized carbons (Fsp3) is 0. The predicted octanol–water partition coefficient (Wildman–Crippen LogP) is -3.56. The molecule has 0 saturated carbocycles. The third kappa shape index (κ3) is 55.1. The van der Waals surface area contributed by atoms with Gasteiger partial charge in [0.1, 0.15) is 0 Å². The summed E-state index contributed by atoms with van der Waals surface area (Å²) in [6, 6.07) is 0. The van der Waals surface area contributed by atoms with Crippen LogP contribution in [0.15, 0.2) is 0 Å². The molecule has 0 spiro atoms. The van der Waals surface area contributed by atoms with E-state index in [4.69, 9.17) is 14.1 Å². The molecule has 0 aromatic rings. The van der Waals surface area contributed by atoms with Crippen LogP contribution in [0, 0.1) is 0 Å². The Hall–Kier alpha value is 2.62. The van der Waals surface area contributed by atoms with Gasteiger partial charge in [0.05, 0.1) is 0 Å². The monoisotopic (exact) mass is 150 g/mol. The minimum atomic E-state index is -3.13. The molecule has 2 N–H and O–H groups in total. The van der Waals surface area contributed by atoms with Crippen LogP contribution in [0.2, 0.25) is 0 Å². The van der Waals surface area contributed by atoms with Gasteiger partial charge in [-0.1, -0.05) is 0 Å². The standard InChI is InChI=1S/3Na.H2O3Si.3H/c;;;1-4(2)3;;;/h;;;1-2H;;;. The summed E-state index contributed by atoms with van der Waals surface area (Å²) in [6.45, 7) is 0. The molecule has 0 aromatic carbocycles. The Labute approximate surface area is 110 Å². The second-order valence-corrected chi connectivity index (χ2v) is 0.848. The molecule has 0 amide bonds. The van der Waals surface area contributed by atoms with E-state index in [1.165, 1.54) is 0 Å². The molecular weight excluding hydrogens is 145 g/mol. The van der Waals surface area contributed by atoms with Crippen molar-refractivity contribution in [2.45, 2.75) is 0 Å². The molecule has 0 saturated heterocycles. The summed E-state index contributed by atoms with van der Waals surface area (Å²) in [5.41, 5.74) is 0. The Balaban J connectivity index is -0.0000000150. The summed E-state index contributed by atoms with van der Waals surface area (Å²) < 4.78 is 8.74. The first-order valence-corrected chi connectivity index (χ1v) is 1.95. The average molecular weight is 150 g/mol. The molecular formula is H5Na3O3Si.